The fourth-order valence-electron chi connectivity index (χ4n) is 1.09. The lowest BCUT2D eigenvalue weighted by Crippen LogP contribution is -1.82. The molecule has 0 rings (SSSR count). The van der Waals surface area contributed by atoms with Crippen LogP contribution in [0.1, 0.15) is 20.3 Å². The first kappa shape index (κ1) is 11.7. The van der Waals surface area contributed by atoms with E-state index in [0.29, 0.717) is 0 Å². The second kappa shape index (κ2) is 7.35. The van der Waals surface area contributed by atoms with E-state index in [-0.39, 0.29) is 0 Å². The summed E-state index contributed by atoms with van der Waals surface area (Å²) in [6.07, 6.45) is 12.9. The third-order valence-corrected chi connectivity index (χ3v) is 1.62. The Kier molecular flexibility index (Phi) is 6.62. The fraction of sp³-hybridized carbons (Fsp3) is 0.231. The monoisotopic (exact) mass is 174 g/mol. The van der Waals surface area contributed by atoms with Crippen molar-refractivity contribution < 1.29 is 0 Å². The lowest BCUT2D eigenvalue weighted by molar-refractivity contribution is 1.20. The number of rotatable bonds is 5. The van der Waals surface area contributed by atoms with E-state index >= 15 is 0 Å². The topological polar surface area (TPSA) is 0 Å². The van der Waals surface area contributed by atoms with Crippen molar-refractivity contribution in [1.82, 2.24) is 0 Å². The quantitative estimate of drug-likeness (QED) is 0.548. The highest BCUT2D eigenvalue weighted by atomic mass is 14.0. The SMILES string of the molecule is C=C/C=C(/C=C\C)C(\C=C)=C/CC. The van der Waals surface area contributed by atoms with Gasteiger partial charge in [-0.15, -0.1) is 0 Å². The van der Waals surface area contributed by atoms with Crippen molar-refractivity contribution in [2.45, 2.75) is 20.3 Å². The van der Waals surface area contributed by atoms with Crippen LogP contribution in [-0.4, -0.2) is 0 Å². The Hall–Kier alpha value is -1.30. The smallest absolute Gasteiger partial charge is 0.0191 e. The Morgan fingerprint density at radius 2 is 1.92 bits per heavy atom. The summed E-state index contributed by atoms with van der Waals surface area (Å²) in [5, 5.41) is 0. The van der Waals surface area contributed by atoms with E-state index in [1.54, 1.807) is 6.08 Å². The first-order valence-corrected chi connectivity index (χ1v) is 4.58. The van der Waals surface area contributed by atoms with Gasteiger partial charge in [-0.05, 0) is 24.5 Å². The molecule has 0 unspecified atom stereocenters. The predicted octanol–water partition coefficient (Wildman–Crippen LogP) is 4.20. The van der Waals surface area contributed by atoms with Crippen LogP contribution in [-0.2, 0) is 0 Å². The first-order valence-electron chi connectivity index (χ1n) is 4.58. The van der Waals surface area contributed by atoms with Crippen LogP contribution in [0.2, 0.25) is 0 Å². The van der Waals surface area contributed by atoms with Gasteiger partial charge in [0.15, 0.2) is 0 Å². The maximum absolute atomic E-state index is 3.79. The van der Waals surface area contributed by atoms with Gasteiger partial charge in [-0.3, -0.25) is 0 Å². The molecule has 0 saturated heterocycles. The van der Waals surface area contributed by atoms with Crippen LogP contribution in [0.3, 0.4) is 0 Å². The molecule has 0 aliphatic rings. The molecule has 0 N–H and O–H groups in total. The van der Waals surface area contributed by atoms with Gasteiger partial charge < -0.3 is 0 Å². The van der Waals surface area contributed by atoms with E-state index in [1.807, 2.05) is 25.2 Å². The number of hydrogen-bond donors (Lipinski definition) is 0. The largest absolute Gasteiger partial charge is 0.0990 e. The minimum Gasteiger partial charge on any atom is -0.0990 e. The van der Waals surface area contributed by atoms with Gasteiger partial charge in [-0.2, -0.15) is 0 Å². The normalized spacial score (nSPS) is 13.4. The first-order chi connectivity index (χ1) is 6.29. The molecule has 0 spiro atoms. The van der Waals surface area contributed by atoms with Gasteiger partial charge in [0.05, 0.1) is 0 Å². The summed E-state index contributed by atoms with van der Waals surface area (Å²) < 4.78 is 0. The van der Waals surface area contributed by atoms with Crippen LogP contribution in [0.4, 0.5) is 0 Å². The van der Waals surface area contributed by atoms with Gasteiger partial charge in [0.2, 0.25) is 0 Å². The zero-order valence-corrected chi connectivity index (χ0v) is 8.59. The number of allylic oxidation sites excluding steroid dienone is 8. The molecule has 0 fully saturated rings. The highest BCUT2D eigenvalue weighted by Gasteiger charge is 1.94. The van der Waals surface area contributed by atoms with Gasteiger partial charge in [0.25, 0.3) is 0 Å². The zero-order chi connectivity index (χ0) is 10.1. The third kappa shape index (κ3) is 4.32. The maximum atomic E-state index is 3.79. The Morgan fingerprint density at radius 1 is 1.23 bits per heavy atom. The summed E-state index contributed by atoms with van der Waals surface area (Å²) in [5.74, 6) is 0. The van der Waals surface area contributed by atoms with Crippen LogP contribution in [0.25, 0.3) is 0 Å². The van der Waals surface area contributed by atoms with Crippen LogP contribution in [0.15, 0.2) is 60.8 Å². The Labute approximate surface area is 81.7 Å². The van der Waals surface area contributed by atoms with E-state index in [1.165, 1.54) is 5.57 Å². The van der Waals surface area contributed by atoms with E-state index < -0.39 is 0 Å². The van der Waals surface area contributed by atoms with Gasteiger partial charge in [-0.1, -0.05) is 56.5 Å². The molecule has 13 heavy (non-hydrogen) atoms. The van der Waals surface area contributed by atoms with Crippen molar-refractivity contribution in [3.8, 4) is 0 Å². The predicted molar refractivity (Wildman–Crippen MR) is 61.7 cm³/mol. The third-order valence-electron chi connectivity index (χ3n) is 1.62. The molecule has 0 heterocycles. The lowest BCUT2D eigenvalue weighted by atomic mass is 10.0. The second-order valence-corrected chi connectivity index (χ2v) is 2.63. The maximum Gasteiger partial charge on any atom is -0.0191 e. The second-order valence-electron chi connectivity index (χ2n) is 2.63. The minimum absolute atomic E-state index is 1.02. The summed E-state index contributed by atoms with van der Waals surface area (Å²) in [4.78, 5) is 0. The Balaban J connectivity index is 4.90. The summed E-state index contributed by atoms with van der Waals surface area (Å²) in [6, 6.07) is 0. The van der Waals surface area contributed by atoms with Crippen molar-refractivity contribution >= 4 is 0 Å². The summed E-state index contributed by atoms with van der Waals surface area (Å²) >= 11 is 0. The zero-order valence-electron chi connectivity index (χ0n) is 8.59. The Bertz CT molecular complexity index is 249. The standard InChI is InChI=1S/C13H18/c1-5-9-12(8-4)13(10-6-2)11-7-3/h6-11H,2,4-5H2,1,3H3/b11-7-,12-9-,13-10-. The molecule has 0 aliphatic carbocycles. The molecule has 0 aromatic heterocycles. The molecule has 0 aromatic rings. The van der Waals surface area contributed by atoms with Crippen LogP contribution >= 0.6 is 0 Å². The van der Waals surface area contributed by atoms with Crippen molar-refractivity contribution in [3.05, 3.63) is 60.8 Å². The summed E-state index contributed by atoms with van der Waals surface area (Å²) in [6.45, 7) is 11.6. The summed E-state index contributed by atoms with van der Waals surface area (Å²) in [5.41, 5.74) is 2.33. The molecular formula is C13H18. The van der Waals surface area contributed by atoms with Crippen LogP contribution in [0.5, 0.6) is 0 Å². The van der Waals surface area contributed by atoms with Gasteiger partial charge >= 0.3 is 0 Å². The van der Waals surface area contributed by atoms with E-state index in [0.717, 1.165) is 12.0 Å². The van der Waals surface area contributed by atoms with E-state index in [9.17, 15) is 0 Å². The number of hydrogen-bond acceptors (Lipinski definition) is 0. The van der Waals surface area contributed by atoms with Gasteiger partial charge in [-0.25, -0.2) is 0 Å². The highest BCUT2D eigenvalue weighted by molar-refractivity contribution is 5.46. The van der Waals surface area contributed by atoms with Crippen molar-refractivity contribution in [1.29, 1.82) is 0 Å². The van der Waals surface area contributed by atoms with E-state index in [4.69, 9.17) is 0 Å². The van der Waals surface area contributed by atoms with Crippen molar-refractivity contribution in [3.63, 3.8) is 0 Å². The average molecular weight is 174 g/mol. The molecule has 0 bridgehead atoms. The molecule has 0 nitrogen and oxygen atoms in total. The molecule has 0 aromatic carbocycles. The molecule has 70 valence electrons. The summed E-state index contributed by atoms with van der Waals surface area (Å²) in [7, 11) is 0. The van der Waals surface area contributed by atoms with Crippen LogP contribution < -0.4 is 0 Å². The fourth-order valence-corrected chi connectivity index (χ4v) is 1.09. The Morgan fingerprint density at radius 3 is 2.31 bits per heavy atom. The lowest BCUT2D eigenvalue weighted by Gasteiger charge is -2.01. The average Bonchev–Trinajstić information content (AvgIpc) is 2.14. The van der Waals surface area contributed by atoms with Crippen LogP contribution in [0, 0.1) is 0 Å². The molecule has 0 aliphatic heterocycles. The highest BCUT2D eigenvalue weighted by Crippen LogP contribution is 2.13. The van der Waals surface area contributed by atoms with Gasteiger partial charge in [0.1, 0.15) is 0 Å². The van der Waals surface area contributed by atoms with Gasteiger partial charge in [0, 0.05) is 0 Å². The van der Waals surface area contributed by atoms with E-state index in [2.05, 4.69) is 32.2 Å². The molecule has 0 amide bonds. The molecule has 0 saturated carbocycles. The van der Waals surface area contributed by atoms with Crippen molar-refractivity contribution in [2.24, 2.45) is 0 Å². The molecule has 0 radical (unpaired) electrons. The minimum atomic E-state index is 1.02. The van der Waals surface area contributed by atoms with Crippen molar-refractivity contribution in [2.75, 3.05) is 0 Å². The molecule has 0 heteroatoms. The molecule has 0 atom stereocenters. The molecular weight excluding hydrogens is 156 g/mol.